The van der Waals surface area contributed by atoms with Crippen molar-refractivity contribution in [2.75, 3.05) is 0 Å². The maximum absolute atomic E-state index is 13.1. The monoisotopic (exact) mass is 232 g/mol. The van der Waals surface area contributed by atoms with E-state index in [4.69, 9.17) is 0 Å². The molecule has 1 aromatic heterocycles. The number of hydrogen-bond acceptors (Lipinski definition) is 2. The van der Waals surface area contributed by atoms with E-state index >= 15 is 0 Å². The lowest BCUT2D eigenvalue weighted by atomic mass is 10.1. The van der Waals surface area contributed by atoms with E-state index in [-0.39, 0.29) is 18.0 Å². The van der Waals surface area contributed by atoms with E-state index in [1.807, 2.05) is 4.90 Å². The number of halogens is 1. The van der Waals surface area contributed by atoms with E-state index in [9.17, 15) is 9.18 Å². The lowest BCUT2D eigenvalue weighted by Crippen LogP contribution is -2.42. The average Bonchev–Trinajstić information content (AvgIpc) is 2.58. The molecule has 1 aromatic rings. The molecule has 2 unspecified atom stereocenters. The van der Waals surface area contributed by atoms with Crippen molar-refractivity contribution in [2.24, 2.45) is 0 Å². The second-order valence-corrected chi connectivity index (χ2v) is 4.57. The largest absolute Gasteiger partial charge is 0.329 e. The van der Waals surface area contributed by atoms with Gasteiger partial charge in [-0.2, -0.15) is 0 Å². The van der Waals surface area contributed by atoms with Gasteiger partial charge in [0.2, 0.25) is 0 Å². The molecule has 3 heterocycles. The molecule has 0 saturated carbocycles. The van der Waals surface area contributed by atoms with Gasteiger partial charge >= 0.3 is 0 Å². The topological polar surface area (TPSA) is 33.2 Å². The van der Waals surface area contributed by atoms with Crippen molar-refractivity contribution in [3.05, 3.63) is 42.0 Å². The molecule has 17 heavy (non-hydrogen) atoms. The number of fused-ring (bicyclic) bond motifs is 2. The Morgan fingerprint density at radius 1 is 1.41 bits per heavy atom. The predicted octanol–water partition coefficient (Wildman–Crippen LogP) is 2.15. The lowest BCUT2D eigenvalue weighted by molar-refractivity contribution is 0.0688. The van der Waals surface area contributed by atoms with Crippen LogP contribution in [0.1, 0.15) is 29.6 Å². The first kappa shape index (κ1) is 10.4. The Hall–Kier alpha value is -1.71. The number of rotatable bonds is 1. The van der Waals surface area contributed by atoms with Gasteiger partial charge in [-0.3, -0.25) is 9.78 Å². The highest BCUT2D eigenvalue weighted by Gasteiger charge is 2.37. The smallest absolute Gasteiger partial charge is 0.256 e. The van der Waals surface area contributed by atoms with E-state index in [2.05, 4.69) is 17.1 Å². The summed E-state index contributed by atoms with van der Waals surface area (Å²) in [6.07, 6.45) is 9.71. The van der Waals surface area contributed by atoms with Crippen molar-refractivity contribution in [3.8, 4) is 0 Å². The zero-order valence-corrected chi connectivity index (χ0v) is 9.34. The van der Waals surface area contributed by atoms with Gasteiger partial charge in [0.1, 0.15) is 5.82 Å². The SMILES string of the molecule is O=C(c1cncc(F)c1)N1C2C=CCC1CC2. The fourth-order valence-electron chi connectivity index (χ4n) is 2.72. The Labute approximate surface area is 99.0 Å². The van der Waals surface area contributed by atoms with Crippen LogP contribution < -0.4 is 0 Å². The summed E-state index contributed by atoms with van der Waals surface area (Å²) in [5.74, 6) is -0.565. The zero-order chi connectivity index (χ0) is 11.8. The van der Waals surface area contributed by atoms with Crippen LogP contribution in [0.25, 0.3) is 0 Å². The van der Waals surface area contributed by atoms with Crippen molar-refractivity contribution in [1.82, 2.24) is 9.88 Å². The molecule has 1 amide bonds. The standard InChI is InChI=1S/C13H13FN2O/c14-10-6-9(7-15-8-10)13(17)16-11-2-1-3-12(16)5-4-11/h1-2,6-8,11-12H,3-5H2. The molecule has 2 atom stereocenters. The first-order valence-electron chi connectivity index (χ1n) is 5.85. The van der Waals surface area contributed by atoms with Crippen molar-refractivity contribution >= 4 is 5.91 Å². The second-order valence-electron chi connectivity index (χ2n) is 4.57. The maximum atomic E-state index is 13.1. The van der Waals surface area contributed by atoms with Crippen LogP contribution >= 0.6 is 0 Å². The molecule has 2 aliphatic rings. The van der Waals surface area contributed by atoms with Crippen LogP contribution in [-0.4, -0.2) is 27.9 Å². The maximum Gasteiger partial charge on any atom is 0.256 e. The lowest BCUT2D eigenvalue weighted by Gasteiger charge is -2.31. The highest BCUT2D eigenvalue weighted by Crippen LogP contribution is 2.32. The second kappa shape index (κ2) is 3.95. The molecule has 0 spiro atoms. The van der Waals surface area contributed by atoms with E-state index in [0.717, 1.165) is 25.5 Å². The van der Waals surface area contributed by atoms with Crippen LogP contribution in [0, 0.1) is 5.82 Å². The highest BCUT2D eigenvalue weighted by molar-refractivity contribution is 5.94. The van der Waals surface area contributed by atoms with Crippen LogP contribution in [-0.2, 0) is 0 Å². The summed E-state index contributed by atoms with van der Waals surface area (Å²) in [4.78, 5) is 17.9. The highest BCUT2D eigenvalue weighted by atomic mass is 19.1. The van der Waals surface area contributed by atoms with Crippen LogP contribution in [0.5, 0.6) is 0 Å². The summed E-state index contributed by atoms with van der Waals surface area (Å²) in [6.45, 7) is 0. The molecule has 0 radical (unpaired) electrons. The van der Waals surface area contributed by atoms with Crippen LogP contribution in [0.4, 0.5) is 4.39 Å². The number of pyridine rings is 1. The fourth-order valence-corrected chi connectivity index (χ4v) is 2.72. The summed E-state index contributed by atoms with van der Waals surface area (Å²) in [6, 6.07) is 1.72. The predicted molar refractivity (Wildman–Crippen MR) is 60.9 cm³/mol. The molecule has 3 rings (SSSR count). The quantitative estimate of drug-likeness (QED) is 0.695. The first-order chi connectivity index (χ1) is 8.25. The molecule has 3 nitrogen and oxygen atoms in total. The third kappa shape index (κ3) is 1.73. The minimum absolute atomic E-state index is 0.103. The third-order valence-electron chi connectivity index (χ3n) is 3.50. The zero-order valence-electron chi connectivity index (χ0n) is 9.34. The summed E-state index contributed by atoms with van der Waals surface area (Å²) in [5.41, 5.74) is 0.345. The normalized spacial score (nSPS) is 26.3. The first-order valence-corrected chi connectivity index (χ1v) is 5.85. The van der Waals surface area contributed by atoms with Crippen molar-refractivity contribution in [2.45, 2.75) is 31.3 Å². The van der Waals surface area contributed by atoms with Gasteiger partial charge < -0.3 is 4.90 Å². The van der Waals surface area contributed by atoms with Gasteiger partial charge in [0.05, 0.1) is 17.8 Å². The third-order valence-corrected chi connectivity index (χ3v) is 3.50. The molecular formula is C13H13FN2O. The Bertz CT molecular complexity index is 486. The molecule has 88 valence electrons. The summed E-state index contributed by atoms with van der Waals surface area (Å²) < 4.78 is 13.1. The number of aromatic nitrogens is 1. The van der Waals surface area contributed by atoms with Gasteiger partial charge in [0.15, 0.2) is 0 Å². The number of hydrogen-bond donors (Lipinski definition) is 0. The Balaban J connectivity index is 1.90. The molecule has 0 aromatic carbocycles. The van der Waals surface area contributed by atoms with Crippen LogP contribution in [0.2, 0.25) is 0 Å². The fraction of sp³-hybridized carbons (Fsp3) is 0.385. The molecule has 2 aliphatic heterocycles. The number of carbonyl (C=O) groups is 1. The molecule has 0 N–H and O–H groups in total. The molecule has 4 heteroatoms. The summed E-state index contributed by atoms with van der Waals surface area (Å²) in [7, 11) is 0. The van der Waals surface area contributed by atoms with E-state index in [1.54, 1.807) is 0 Å². The Morgan fingerprint density at radius 2 is 2.29 bits per heavy atom. The Kier molecular flexibility index (Phi) is 2.42. The van der Waals surface area contributed by atoms with Crippen LogP contribution in [0.3, 0.4) is 0 Å². The van der Waals surface area contributed by atoms with Gasteiger partial charge in [0, 0.05) is 12.2 Å². The summed E-state index contributed by atoms with van der Waals surface area (Å²) in [5, 5.41) is 0. The van der Waals surface area contributed by atoms with Gasteiger partial charge in [-0.1, -0.05) is 12.2 Å². The average molecular weight is 232 g/mol. The van der Waals surface area contributed by atoms with E-state index in [0.29, 0.717) is 5.56 Å². The minimum atomic E-state index is -0.462. The van der Waals surface area contributed by atoms with Gasteiger partial charge in [-0.25, -0.2) is 4.39 Å². The van der Waals surface area contributed by atoms with E-state index in [1.165, 1.54) is 12.3 Å². The molecule has 2 bridgehead atoms. The van der Waals surface area contributed by atoms with E-state index < -0.39 is 5.82 Å². The molecular weight excluding hydrogens is 219 g/mol. The molecule has 1 saturated heterocycles. The van der Waals surface area contributed by atoms with Crippen molar-refractivity contribution < 1.29 is 9.18 Å². The molecule has 0 aliphatic carbocycles. The van der Waals surface area contributed by atoms with Crippen LogP contribution in [0.15, 0.2) is 30.6 Å². The Morgan fingerprint density at radius 3 is 3.06 bits per heavy atom. The van der Waals surface area contributed by atoms with Gasteiger partial charge in [0.25, 0.3) is 5.91 Å². The summed E-state index contributed by atoms with van der Waals surface area (Å²) >= 11 is 0. The molecule has 1 fully saturated rings. The number of amides is 1. The van der Waals surface area contributed by atoms with Crippen molar-refractivity contribution in [3.63, 3.8) is 0 Å². The van der Waals surface area contributed by atoms with Gasteiger partial charge in [-0.05, 0) is 25.3 Å². The number of carbonyl (C=O) groups excluding carboxylic acids is 1. The number of nitrogens with zero attached hydrogens (tertiary/aromatic N) is 2. The van der Waals surface area contributed by atoms with Gasteiger partial charge in [-0.15, -0.1) is 0 Å². The minimum Gasteiger partial charge on any atom is -0.329 e. The van der Waals surface area contributed by atoms with Crippen molar-refractivity contribution in [1.29, 1.82) is 0 Å².